The number of nitrogens with one attached hydrogen (secondary N) is 1. The van der Waals surface area contributed by atoms with Gasteiger partial charge in [0.1, 0.15) is 11.4 Å². The molecule has 7 heteroatoms. The second kappa shape index (κ2) is 10.4. The summed E-state index contributed by atoms with van der Waals surface area (Å²) in [5.41, 5.74) is 4.79. The van der Waals surface area contributed by atoms with E-state index >= 15 is 0 Å². The molecule has 0 saturated heterocycles. The molecule has 1 amide bonds. The molecule has 0 radical (unpaired) electrons. The van der Waals surface area contributed by atoms with Crippen LogP contribution >= 0.6 is 0 Å². The van der Waals surface area contributed by atoms with Crippen LogP contribution in [-0.4, -0.2) is 33.7 Å². The van der Waals surface area contributed by atoms with Crippen molar-refractivity contribution in [2.45, 2.75) is 32.6 Å². The SMILES string of the molecule is COc1cccc(-c2cc3n(C)c(C)c(CCC(=O)NCCCc4ccccc4)c(=O)n3n2)c1. The largest absolute Gasteiger partial charge is 0.497 e. The van der Waals surface area contributed by atoms with Crippen LogP contribution in [0.25, 0.3) is 16.9 Å². The number of ether oxygens (including phenoxy) is 1. The van der Waals surface area contributed by atoms with Crippen molar-refractivity contribution in [2.24, 2.45) is 7.05 Å². The highest BCUT2D eigenvalue weighted by Crippen LogP contribution is 2.24. The van der Waals surface area contributed by atoms with Crippen molar-refractivity contribution in [1.82, 2.24) is 19.5 Å². The van der Waals surface area contributed by atoms with Crippen LogP contribution in [0.1, 0.15) is 29.7 Å². The fourth-order valence-corrected chi connectivity index (χ4v) is 4.12. The number of carbonyl (C=O) groups is 1. The molecule has 0 bridgehead atoms. The highest BCUT2D eigenvalue weighted by atomic mass is 16.5. The van der Waals surface area contributed by atoms with Crippen LogP contribution in [0.15, 0.2) is 65.5 Å². The van der Waals surface area contributed by atoms with Gasteiger partial charge in [0.25, 0.3) is 5.56 Å². The highest BCUT2D eigenvalue weighted by molar-refractivity contribution is 5.76. The summed E-state index contributed by atoms with van der Waals surface area (Å²) in [6.07, 6.45) is 2.43. The van der Waals surface area contributed by atoms with E-state index in [9.17, 15) is 9.59 Å². The van der Waals surface area contributed by atoms with Gasteiger partial charge in [-0.15, -0.1) is 0 Å². The highest BCUT2D eigenvalue weighted by Gasteiger charge is 2.17. The Morgan fingerprint density at radius 2 is 1.85 bits per heavy atom. The molecule has 176 valence electrons. The van der Waals surface area contributed by atoms with Gasteiger partial charge in [-0.25, -0.2) is 0 Å². The number of nitrogens with zero attached hydrogens (tertiary/aromatic N) is 3. The Balaban J connectivity index is 1.45. The molecule has 1 N–H and O–H groups in total. The lowest BCUT2D eigenvalue weighted by Crippen LogP contribution is -2.28. The molecule has 2 heterocycles. The summed E-state index contributed by atoms with van der Waals surface area (Å²) in [6, 6.07) is 19.7. The third-order valence-electron chi connectivity index (χ3n) is 6.20. The number of fused-ring (bicyclic) bond motifs is 1. The Hall–Kier alpha value is -3.87. The number of methoxy groups -OCH3 is 1. The molecule has 4 rings (SSSR count). The number of aryl methyl sites for hydroxylation is 2. The fourth-order valence-electron chi connectivity index (χ4n) is 4.12. The van der Waals surface area contributed by atoms with E-state index in [-0.39, 0.29) is 17.9 Å². The van der Waals surface area contributed by atoms with Gasteiger partial charge in [-0.05, 0) is 43.9 Å². The van der Waals surface area contributed by atoms with Crippen molar-refractivity contribution >= 4 is 11.6 Å². The zero-order valence-corrected chi connectivity index (χ0v) is 19.9. The van der Waals surface area contributed by atoms with Gasteiger partial charge in [-0.3, -0.25) is 9.59 Å². The smallest absolute Gasteiger partial charge is 0.277 e. The van der Waals surface area contributed by atoms with E-state index in [4.69, 9.17) is 4.74 Å². The molecular formula is C27H30N4O3. The molecule has 2 aromatic heterocycles. The third-order valence-corrected chi connectivity index (χ3v) is 6.20. The molecule has 0 saturated carbocycles. The first-order valence-corrected chi connectivity index (χ1v) is 11.5. The first-order chi connectivity index (χ1) is 16.5. The summed E-state index contributed by atoms with van der Waals surface area (Å²) in [4.78, 5) is 25.6. The zero-order chi connectivity index (χ0) is 24.1. The number of aromatic nitrogens is 3. The van der Waals surface area contributed by atoms with Crippen LogP contribution in [0.3, 0.4) is 0 Å². The minimum atomic E-state index is -0.184. The van der Waals surface area contributed by atoms with Gasteiger partial charge in [0.15, 0.2) is 0 Å². The van der Waals surface area contributed by atoms with Gasteiger partial charge in [0.05, 0.1) is 12.8 Å². The van der Waals surface area contributed by atoms with E-state index in [2.05, 4.69) is 22.5 Å². The molecule has 4 aromatic rings. The first-order valence-electron chi connectivity index (χ1n) is 11.5. The number of hydrogen-bond acceptors (Lipinski definition) is 4. The maximum absolute atomic E-state index is 13.2. The monoisotopic (exact) mass is 458 g/mol. The van der Waals surface area contributed by atoms with Gasteiger partial charge >= 0.3 is 0 Å². The van der Waals surface area contributed by atoms with Gasteiger partial charge in [0, 0.05) is 42.9 Å². The van der Waals surface area contributed by atoms with E-state index in [1.165, 1.54) is 10.1 Å². The number of carbonyl (C=O) groups excluding carboxylic acids is 1. The number of rotatable bonds is 9. The average Bonchev–Trinajstić information content (AvgIpc) is 3.32. The number of amides is 1. The van der Waals surface area contributed by atoms with Crippen molar-refractivity contribution in [3.05, 3.63) is 87.8 Å². The lowest BCUT2D eigenvalue weighted by atomic mass is 10.1. The summed E-state index contributed by atoms with van der Waals surface area (Å²) < 4.78 is 8.68. The van der Waals surface area contributed by atoms with E-state index in [0.717, 1.165) is 29.8 Å². The fraction of sp³-hybridized carbons (Fsp3) is 0.296. The van der Waals surface area contributed by atoms with Gasteiger partial charge in [-0.1, -0.05) is 42.5 Å². The molecule has 0 aliphatic rings. The van der Waals surface area contributed by atoms with Gasteiger partial charge < -0.3 is 14.6 Å². The van der Waals surface area contributed by atoms with Crippen molar-refractivity contribution < 1.29 is 9.53 Å². The second-order valence-corrected chi connectivity index (χ2v) is 8.40. The average molecular weight is 459 g/mol. The normalized spacial score (nSPS) is 11.0. The van der Waals surface area contributed by atoms with E-state index in [1.807, 2.05) is 67.1 Å². The molecule has 0 aliphatic carbocycles. The van der Waals surface area contributed by atoms with Crippen LogP contribution in [0.4, 0.5) is 0 Å². The molecule has 2 aromatic carbocycles. The molecule has 0 atom stereocenters. The Kier molecular flexibility index (Phi) is 7.11. The summed E-state index contributed by atoms with van der Waals surface area (Å²) in [5, 5.41) is 7.53. The lowest BCUT2D eigenvalue weighted by Gasteiger charge is -2.12. The molecule has 0 aliphatic heterocycles. The topological polar surface area (TPSA) is 77.6 Å². The van der Waals surface area contributed by atoms with E-state index in [0.29, 0.717) is 29.9 Å². The molecular weight excluding hydrogens is 428 g/mol. The lowest BCUT2D eigenvalue weighted by molar-refractivity contribution is -0.121. The maximum atomic E-state index is 13.2. The predicted octanol–water partition coefficient (Wildman–Crippen LogP) is 3.70. The molecule has 0 fully saturated rings. The molecule has 0 spiro atoms. The molecule has 34 heavy (non-hydrogen) atoms. The maximum Gasteiger partial charge on any atom is 0.277 e. The van der Waals surface area contributed by atoms with Crippen molar-refractivity contribution in [2.75, 3.05) is 13.7 Å². The zero-order valence-electron chi connectivity index (χ0n) is 19.9. The summed E-state index contributed by atoms with van der Waals surface area (Å²) in [7, 11) is 3.53. The second-order valence-electron chi connectivity index (χ2n) is 8.40. The van der Waals surface area contributed by atoms with Crippen LogP contribution < -0.4 is 15.6 Å². The Labute approximate surface area is 199 Å². The Bertz CT molecular complexity index is 1360. The van der Waals surface area contributed by atoms with Gasteiger partial charge in [0.2, 0.25) is 5.91 Å². The van der Waals surface area contributed by atoms with Crippen molar-refractivity contribution in [1.29, 1.82) is 0 Å². The minimum absolute atomic E-state index is 0.0489. The summed E-state index contributed by atoms with van der Waals surface area (Å²) in [6.45, 7) is 2.53. The number of benzene rings is 2. The summed E-state index contributed by atoms with van der Waals surface area (Å²) in [5.74, 6) is 0.681. The quantitative estimate of drug-likeness (QED) is 0.388. The predicted molar refractivity (Wildman–Crippen MR) is 133 cm³/mol. The summed E-state index contributed by atoms with van der Waals surface area (Å²) >= 11 is 0. The first kappa shape index (κ1) is 23.3. The van der Waals surface area contributed by atoms with Crippen LogP contribution in [-0.2, 0) is 24.7 Å². The van der Waals surface area contributed by atoms with Crippen molar-refractivity contribution in [3.8, 4) is 17.0 Å². The third kappa shape index (κ3) is 5.03. The molecule has 7 nitrogen and oxygen atoms in total. The van der Waals surface area contributed by atoms with Crippen LogP contribution in [0.5, 0.6) is 5.75 Å². The molecule has 0 unspecified atom stereocenters. The van der Waals surface area contributed by atoms with Crippen LogP contribution in [0, 0.1) is 6.92 Å². The van der Waals surface area contributed by atoms with E-state index < -0.39 is 0 Å². The standard InChI is InChI=1S/C27H30N4O3/c1-19-23(14-15-25(32)28-16-8-11-20-9-5-4-6-10-20)27(33)31-26(30(19)2)18-24(29-31)21-12-7-13-22(17-21)34-3/h4-7,9-10,12-13,17-18H,8,11,14-16H2,1-3H3,(H,28,32). The van der Waals surface area contributed by atoms with Gasteiger partial charge in [-0.2, -0.15) is 9.61 Å². The Morgan fingerprint density at radius 1 is 1.06 bits per heavy atom. The van der Waals surface area contributed by atoms with Crippen LogP contribution in [0.2, 0.25) is 0 Å². The van der Waals surface area contributed by atoms with E-state index in [1.54, 1.807) is 7.11 Å². The number of hydrogen-bond donors (Lipinski definition) is 1. The minimum Gasteiger partial charge on any atom is -0.497 e. The van der Waals surface area contributed by atoms with Crippen molar-refractivity contribution in [3.63, 3.8) is 0 Å². The Morgan fingerprint density at radius 3 is 2.62 bits per heavy atom.